The first-order valence-corrected chi connectivity index (χ1v) is 6.94. The Morgan fingerprint density at radius 3 is 3.05 bits per heavy atom. The van der Waals surface area contributed by atoms with E-state index >= 15 is 0 Å². The zero-order chi connectivity index (χ0) is 14.7. The summed E-state index contributed by atoms with van der Waals surface area (Å²) in [6.07, 6.45) is 0.317. The van der Waals surface area contributed by atoms with Crippen LogP contribution in [0.15, 0.2) is 11.0 Å². The molecule has 0 saturated heterocycles. The maximum Gasteiger partial charge on any atom is 0.269 e. The maximum absolute atomic E-state index is 12.0. The van der Waals surface area contributed by atoms with E-state index in [2.05, 4.69) is 15.5 Å². The number of nitrogens with one attached hydrogen (secondary N) is 2. The van der Waals surface area contributed by atoms with Crippen molar-refractivity contribution in [2.45, 2.75) is 6.10 Å². The van der Waals surface area contributed by atoms with E-state index in [1.807, 2.05) is 0 Å². The molecule has 2 rings (SSSR count). The number of methoxy groups -OCH3 is 1. The summed E-state index contributed by atoms with van der Waals surface area (Å²) in [6.45, 7) is 0.503. The van der Waals surface area contributed by atoms with Gasteiger partial charge in [-0.1, -0.05) is 0 Å². The molecule has 1 aromatic rings. The van der Waals surface area contributed by atoms with Crippen LogP contribution in [-0.4, -0.2) is 53.5 Å². The highest BCUT2D eigenvalue weighted by molar-refractivity contribution is 8.03. The number of H-pyrrole nitrogens is 1. The van der Waals surface area contributed by atoms with E-state index in [1.165, 1.54) is 24.9 Å². The number of carbonyl (C=O) groups is 2. The van der Waals surface area contributed by atoms with E-state index in [1.54, 1.807) is 7.11 Å². The second-order valence-electron chi connectivity index (χ2n) is 4.09. The number of ketones is 1. The first kappa shape index (κ1) is 14.8. The van der Waals surface area contributed by atoms with Gasteiger partial charge < -0.3 is 15.2 Å². The van der Waals surface area contributed by atoms with E-state index in [-0.39, 0.29) is 22.7 Å². The fraction of sp³-hybridized carbons (Fsp3) is 0.417. The molecule has 0 spiro atoms. The summed E-state index contributed by atoms with van der Waals surface area (Å²) in [7, 11) is 3.05. The lowest BCUT2D eigenvalue weighted by Gasteiger charge is -2.19. The lowest BCUT2D eigenvalue weighted by atomic mass is 9.97. The van der Waals surface area contributed by atoms with Crippen LogP contribution in [0.4, 0.5) is 0 Å². The zero-order valence-corrected chi connectivity index (χ0v) is 11.9. The number of amides is 1. The standard InChI is InChI=1S/C12H15N3O4S/c1-13-12(18)10-8-9(14-15-10)6(16)5-7(11(8)17)20-4-3-19-2/h5,11,17H,3-4H2,1-2H3,(H,13,18)(H,14,15). The third-order valence-corrected chi connectivity index (χ3v) is 3.91. The number of hydrogen-bond donors (Lipinski definition) is 3. The van der Waals surface area contributed by atoms with E-state index in [0.29, 0.717) is 17.3 Å². The number of carbonyl (C=O) groups excluding carboxylic acids is 2. The van der Waals surface area contributed by atoms with Gasteiger partial charge in [-0.05, 0) is 0 Å². The van der Waals surface area contributed by atoms with E-state index < -0.39 is 12.0 Å². The van der Waals surface area contributed by atoms with Crippen LogP contribution in [0, 0.1) is 0 Å². The smallest absolute Gasteiger partial charge is 0.269 e. The van der Waals surface area contributed by atoms with E-state index in [4.69, 9.17) is 4.74 Å². The summed E-state index contributed by atoms with van der Waals surface area (Å²) < 4.78 is 4.93. The summed E-state index contributed by atoms with van der Waals surface area (Å²) in [6, 6.07) is 0. The Bertz CT molecular complexity index is 567. The molecule has 1 aliphatic carbocycles. The first-order valence-electron chi connectivity index (χ1n) is 5.96. The van der Waals surface area contributed by atoms with Gasteiger partial charge >= 0.3 is 0 Å². The number of aromatic nitrogens is 2. The second kappa shape index (κ2) is 6.21. The highest BCUT2D eigenvalue weighted by Gasteiger charge is 2.33. The fourth-order valence-electron chi connectivity index (χ4n) is 1.88. The van der Waals surface area contributed by atoms with E-state index in [0.717, 1.165) is 0 Å². The van der Waals surface area contributed by atoms with Crippen LogP contribution < -0.4 is 5.32 Å². The molecule has 1 unspecified atom stereocenters. The molecule has 3 N–H and O–H groups in total. The number of rotatable bonds is 5. The highest BCUT2D eigenvalue weighted by Crippen LogP contribution is 2.37. The second-order valence-corrected chi connectivity index (χ2v) is 5.26. The molecule has 0 radical (unpaired) electrons. The third-order valence-electron chi connectivity index (χ3n) is 2.86. The minimum atomic E-state index is -1.03. The van der Waals surface area contributed by atoms with Gasteiger partial charge in [-0.25, -0.2) is 0 Å². The minimum Gasteiger partial charge on any atom is -0.384 e. The zero-order valence-electron chi connectivity index (χ0n) is 11.1. The van der Waals surface area contributed by atoms with Gasteiger partial charge in [0.1, 0.15) is 17.5 Å². The monoisotopic (exact) mass is 297 g/mol. The van der Waals surface area contributed by atoms with Gasteiger partial charge in [-0.2, -0.15) is 5.10 Å². The Labute approximate surface area is 119 Å². The molecule has 1 atom stereocenters. The predicted molar refractivity (Wildman–Crippen MR) is 73.7 cm³/mol. The summed E-state index contributed by atoms with van der Waals surface area (Å²) >= 11 is 1.32. The van der Waals surface area contributed by atoms with E-state index in [9.17, 15) is 14.7 Å². The minimum absolute atomic E-state index is 0.0900. The van der Waals surface area contributed by atoms with Crippen molar-refractivity contribution in [1.29, 1.82) is 0 Å². The van der Waals surface area contributed by atoms with Gasteiger partial charge in [0.15, 0.2) is 0 Å². The number of thioether (sulfide) groups is 1. The topological polar surface area (TPSA) is 104 Å². The largest absolute Gasteiger partial charge is 0.384 e. The lowest BCUT2D eigenvalue weighted by molar-refractivity contribution is 0.0953. The molecular formula is C12H15N3O4S. The number of ether oxygens (including phenoxy) is 1. The molecule has 1 aromatic heterocycles. The predicted octanol–water partition coefficient (Wildman–Crippen LogP) is 0.263. The van der Waals surface area contributed by atoms with Crippen LogP contribution in [0.2, 0.25) is 0 Å². The molecule has 0 aliphatic heterocycles. The fourth-order valence-corrected chi connectivity index (χ4v) is 2.84. The van der Waals surface area contributed by atoms with Crippen LogP contribution in [0.5, 0.6) is 0 Å². The van der Waals surface area contributed by atoms with Crippen molar-refractivity contribution < 1.29 is 19.4 Å². The Morgan fingerprint density at radius 1 is 1.65 bits per heavy atom. The Balaban J connectivity index is 2.30. The molecule has 8 heteroatoms. The lowest BCUT2D eigenvalue weighted by Crippen LogP contribution is -2.22. The molecule has 1 amide bonds. The third kappa shape index (κ3) is 2.62. The van der Waals surface area contributed by atoms with Gasteiger partial charge in [0.25, 0.3) is 5.91 Å². The van der Waals surface area contributed by atoms with Crippen molar-refractivity contribution >= 4 is 23.5 Å². The highest BCUT2D eigenvalue weighted by atomic mass is 32.2. The quantitative estimate of drug-likeness (QED) is 0.674. The molecule has 7 nitrogen and oxygen atoms in total. The van der Waals surface area contributed by atoms with Gasteiger partial charge in [-0.15, -0.1) is 11.8 Å². The summed E-state index contributed by atoms with van der Waals surface area (Å²) in [5.41, 5.74) is 0.435. The molecule has 1 aliphatic rings. The number of aliphatic hydroxyl groups excluding tert-OH is 1. The molecule has 108 valence electrons. The van der Waals surface area contributed by atoms with Gasteiger partial charge in [0, 0.05) is 36.5 Å². The van der Waals surface area contributed by atoms with Crippen LogP contribution in [0.1, 0.15) is 32.6 Å². The molecule has 0 saturated carbocycles. The molecule has 1 heterocycles. The first-order chi connectivity index (χ1) is 9.60. The van der Waals surface area contributed by atoms with Crippen molar-refractivity contribution in [2.75, 3.05) is 26.5 Å². The summed E-state index contributed by atoms with van der Waals surface area (Å²) in [5, 5.41) is 19.1. The Morgan fingerprint density at radius 2 is 2.40 bits per heavy atom. The number of fused-ring (bicyclic) bond motifs is 1. The van der Waals surface area contributed by atoms with Crippen molar-refractivity contribution in [2.24, 2.45) is 0 Å². The molecule has 0 aromatic carbocycles. The molecule has 0 bridgehead atoms. The Hall–Kier alpha value is -1.64. The average Bonchev–Trinajstić information content (AvgIpc) is 2.89. The van der Waals surface area contributed by atoms with Crippen LogP contribution in [-0.2, 0) is 4.74 Å². The van der Waals surface area contributed by atoms with Gasteiger partial charge in [0.2, 0.25) is 5.78 Å². The number of nitrogens with zero attached hydrogens (tertiary/aromatic N) is 1. The van der Waals surface area contributed by atoms with Crippen LogP contribution in [0.3, 0.4) is 0 Å². The van der Waals surface area contributed by atoms with Crippen molar-refractivity contribution in [3.05, 3.63) is 27.9 Å². The van der Waals surface area contributed by atoms with Gasteiger partial charge in [-0.3, -0.25) is 14.7 Å². The van der Waals surface area contributed by atoms with Gasteiger partial charge in [0.05, 0.1) is 6.61 Å². The average molecular weight is 297 g/mol. The normalized spacial score (nSPS) is 17.6. The number of hydrogen-bond acceptors (Lipinski definition) is 6. The van der Waals surface area contributed by atoms with Crippen molar-refractivity contribution in [1.82, 2.24) is 15.5 Å². The maximum atomic E-state index is 12.0. The summed E-state index contributed by atoms with van der Waals surface area (Å²) in [4.78, 5) is 24.2. The number of aromatic amines is 1. The van der Waals surface area contributed by atoms with Crippen LogP contribution >= 0.6 is 11.8 Å². The number of aliphatic hydroxyl groups is 1. The van der Waals surface area contributed by atoms with Crippen molar-refractivity contribution in [3.8, 4) is 0 Å². The summed E-state index contributed by atoms with van der Waals surface area (Å²) in [5.74, 6) is -0.139. The molecule has 0 fully saturated rings. The van der Waals surface area contributed by atoms with Crippen LogP contribution in [0.25, 0.3) is 0 Å². The van der Waals surface area contributed by atoms with Crippen molar-refractivity contribution in [3.63, 3.8) is 0 Å². The SMILES string of the molecule is CNC(=O)c1[nH]nc2c1C(O)C(SCCOC)=CC2=O. The number of allylic oxidation sites excluding steroid dienone is 1. The molecular weight excluding hydrogens is 282 g/mol. The Kier molecular flexibility index (Phi) is 4.58. The molecule has 20 heavy (non-hydrogen) atoms.